The van der Waals surface area contributed by atoms with Crippen LogP contribution in [-0.4, -0.2) is 32.3 Å². The number of benzene rings is 1. The molecule has 0 aliphatic rings. The molecule has 1 aromatic rings. The molecule has 0 heterocycles. The molecule has 1 N–H and O–H groups in total. The number of carbonyl (C=O) groups excluding carboxylic acids is 1. The van der Waals surface area contributed by atoms with E-state index >= 15 is 0 Å². The summed E-state index contributed by atoms with van der Waals surface area (Å²) in [7, 11) is 2.80. The van der Waals surface area contributed by atoms with Crippen LogP contribution in [0.4, 0.5) is 14.5 Å². The molecule has 5 nitrogen and oxygen atoms in total. The van der Waals surface area contributed by atoms with Crippen molar-refractivity contribution in [3.05, 3.63) is 18.2 Å². The summed E-state index contributed by atoms with van der Waals surface area (Å²) in [5, 5.41) is 2.48. The van der Waals surface area contributed by atoms with Crippen LogP contribution in [0.25, 0.3) is 0 Å². The Bertz CT molecular complexity index is 477. The summed E-state index contributed by atoms with van der Waals surface area (Å²) < 4.78 is 39.0. The molecule has 0 fully saturated rings. The number of methoxy groups -OCH3 is 2. The molecule has 0 saturated heterocycles. The lowest BCUT2D eigenvalue weighted by atomic mass is 10.1. The van der Waals surface area contributed by atoms with Gasteiger partial charge in [0.05, 0.1) is 12.8 Å². The molecule has 0 aliphatic heterocycles. The summed E-state index contributed by atoms with van der Waals surface area (Å²) in [6.07, 6.45) is 0. The van der Waals surface area contributed by atoms with E-state index in [4.69, 9.17) is 9.47 Å². The molecule has 20 heavy (non-hydrogen) atoms. The van der Waals surface area contributed by atoms with Crippen molar-refractivity contribution in [1.82, 2.24) is 0 Å². The van der Waals surface area contributed by atoms with Gasteiger partial charge in [-0.1, -0.05) is 0 Å². The number of ether oxygens (including phenoxy) is 3. The zero-order valence-electron chi connectivity index (χ0n) is 11.7. The van der Waals surface area contributed by atoms with Gasteiger partial charge in [-0.25, -0.2) is 0 Å². The van der Waals surface area contributed by atoms with Crippen molar-refractivity contribution in [1.29, 1.82) is 0 Å². The van der Waals surface area contributed by atoms with Gasteiger partial charge in [0.25, 0.3) is 5.91 Å². The molecule has 0 spiro atoms. The van der Waals surface area contributed by atoms with E-state index in [0.29, 0.717) is 5.75 Å². The molecule has 7 heteroatoms. The number of carbonyl (C=O) groups is 1. The van der Waals surface area contributed by atoms with Crippen molar-refractivity contribution in [2.24, 2.45) is 0 Å². The highest BCUT2D eigenvalue weighted by atomic mass is 19.3. The van der Waals surface area contributed by atoms with Gasteiger partial charge in [0.2, 0.25) is 0 Å². The Labute approximate surface area is 115 Å². The fourth-order valence-electron chi connectivity index (χ4n) is 1.30. The number of hydrogen-bond donors (Lipinski definition) is 1. The standard InChI is InChI=1S/C13H17F2NO4/c1-13(2,19-4)11(17)16-9-7-8(18-3)5-6-10(9)20-12(14)15/h5-7,12H,1-4H3,(H,16,17). The Morgan fingerprint density at radius 1 is 1.30 bits per heavy atom. The van der Waals surface area contributed by atoms with Crippen molar-refractivity contribution in [3.8, 4) is 11.5 Å². The monoisotopic (exact) mass is 289 g/mol. The first-order valence-electron chi connectivity index (χ1n) is 5.79. The van der Waals surface area contributed by atoms with Crippen LogP contribution >= 0.6 is 0 Å². The van der Waals surface area contributed by atoms with Crippen LogP contribution in [0.3, 0.4) is 0 Å². The summed E-state index contributed by atoms with van der Waals surface area (Å²) in [5.74, 6) is -0.245. The molecule has 0 aliphatic carbocycles. The summed E-state index contributed by atoms with van der Waals surface area (Å²) in [5.41, 5.74) is -1.02. The second kappa shape index (κ2) is 6.51. The van der Waals surface area contributed by atoms with E-state index in [1.807, 2.05) is 0 Å². The molecule has 0 atom stereocenters. The van der Waals surface area contributed by atoms with Crippen molar-refractivity contribution in [2.75, 3.05) is 19.5 Å². The lowest BCUT2D eigenvalue weighted by molar-refractivity contribution is -0.133. The number of nitrogens with one attached hydrogen (secondary N) is 1. The van der Waals surface area contributed by atoms with Crippen molar-refractivity contribution in [2.45, 2.75) is 26.1 Å². The first-order chi connectivity index (χ1) is 9.30. The molecule has 1 amide bonds. The second-order valence-corrected chi connectivity index (χ2v) is 4.41. The smallest absolute Gasteiger partial charge is 0.387 e. The zero-order chi connectivity index (χ0) is 15.3. The molecule has 0 saturated carbocycles. The Morgan fingerprint density at radius 2 is 1.95 bits per heavy atom. The molecule has 0 radical (unpaired) electrons. The SMILES string of the molecule is COc1ccc(OC(F)F)c(NC(=O)C(C)(C)OC)c1. The van der Waals surface area contributed by atoms with Crippen LogP contribution < -0.4 is 14.8 Å². The molecular formula is C13H17F2NO4. The van der Waals surface area contributed by atoms with E-state index in [1.165, 1.54) is 32.4 Å². The van der Waals surface area contributed by atoms with Crippen LogP contribution in [0.15, 0.2) is 18.2 Å². The minimum absolute atomic E-state index is 0.0831. The van der Waals surface area contributed by atoms with Gasteiger partial charge in [-0.2, -0.15) is 8.78 Å². The summed E-state index contributed by atoms with van der Waals surface area (Å²) >= 11 is 0. The highest BCUT2D eigenvalue weighted by molar-refractivity contribution is 5.98. The van der Waals surface area contributed by atoms with Gasteiger partial charge in [-0.3, -0.25) is 4.79 Å². The van der Waals surface area contributed by atoms with E-state index in [-0.39, 0.29) is 11.4 Å². The largest absolute Gasteiger partial charge is 0.497 e. The van der Waals surface area contributed by atoms with Crippen LogP contribution in [0.1, 0.15) is 13.8 Å². The fraction of sp³-hybridized carbons (Fsp3) is 0.462. The minimum atomic E-state index is -2.99. The first-order valence-corrected chi connectivity index (χ1v) is 5.79. The second-order valence-electron chi connectivity index (χ2n) is 4.41. The van der Waals surface area contributed by atoms with Crippen LogP contribution in [-0.2, 0) is 9.53 Å². The average molecular weight is 289 g/mol. The number of anilines is 1. The zero-order valence-corrected chi connectivity index (χ0v) is 11.7. The Balaban J connectivity index is 3.04. The van der Waals surface area contributed by atoms with E-state index < -0.39 is 18.1 Å². The Hall–Kier alpha value is -1.89. The molecular weight excluding hydrogens is 272 g/mol. The number of hydrogen-bond acceptors (Lipinski definition) is 4. The van der Waals surface area contributed by atoms with E-state index in [9.17, 15) is 13.6 Å². The summed E-state index contributed by atoms with van der Waals surface area (Å²) in [6, 6.07) is 4.14. The van der Waals surface area contributed by atoms with E-state index in [2.05, 4.69) is 10.1 Å². The summed E-state index contributed by atoms with van der Waals surface area (Å²) in [6.45, 7) is 0.112. The maximum absolute atomic E-state index is 12.3. The Kier molecular flexibility index (Phi) is 5.26. The van der Waals surface area contributed by atoms with Gasteiger partial charge in [-0.05, 0) is 26.0 Å². The number of halogens is 2. The molecule has 1 rings (SSSR count). The minimum Gasteiger partial charge on any atom is -0.497 e. The molecule has 0 unspecified atom stereocenters. The van der Waals surface area contributed by atoms with Gasteiger partial charge < -0.3 is 19.5 Å². The lowest BCUT2D eigenvalue weighted by Crippen LogP contribution is -2.38. The lowest BCUT2D eigenvalue weighted by Gasteiger charge is -2.22. The predicted molar refractivity (Wildman–Crippen MR) is 69.3 cm³/mol. The van der Waals surface area contributed by atoms with Crippen LogP contribution in [0, 0.1) is 0 Å². The van der Waals surface area contributed by atoms with Gasteiger partial charge in [0.1, 0.15) is 17.1 Å². The quantitative estimate of drug-likeness (QED) is 0.874. The van der Waals surface area contributed by atoms with Gasteiger partial charge >= 0.3 is 6.61 Å². The third-order valence-electron chi connectivity index (χ3n) is 2.71. The number of rotatable bonds is 6. The third kappa shape index (κ3) is 4.06. The molecule has 112 valence electrons. The third-order valence-corrected chi connectivity index (χ3v) is 2.71. The maximum Gasteiger partial charge on any atom is 0.387 e. The van der Waals surface area contributed by atoms with Gasteiger partial charge in [0, 0.05) is 13.2 Å². The number of alkyl halides is 2. The highest BCUT2D eigenvalue weighted by Gasteiger charge is 2.28. The maximum atomic E-state index is 12.3. The molecule has 0 bridgehead atoms. The van der Waals surface area contributed by atoms with Crippen LogP contribution in [0.5, 0.6) is 11.5 Å². The highest BCUT2D eigenvalue weighted by Crippen LogP contribution is 2.31. The Morgan fingerprint density at radius 3 is 2.45 bits per heavy atom. The van der Waals surface area contributed by atoms with Gasteiger partial charge in [-0.15, -0.1) is 0 Å². The first kappa shape index (κ1) is 16.2. The normalized spacial score (nSPS) is 11.3. The predicted octanol–water partition coefficient (Wildman–Crippen LogP) is 2.66. The van der Waals surface area contributed by atoms with Crippen molar-refractivity contribution >= 4 is 11.6 Å². The molecule has 0 aromatic heterocycles. The average Bonchev–Trinajstić information content (AvgIpc) is 2.40. The number of amides is 1. The fourth-order valence-corrected chi connectivity index (χ4v) is 1.30. The van der Waals surface area contributed by atoms with Crippen molar-refractivity contribution < 1.29 is 27.8 Å². The van der Waals surface area contributed by atoms with Crippen molar-refractivity contribution in [3.63, 3.8) is 0 Å². The van der Waals surface area contributed by atoms with Crippen LogP contribution in [0.2, 0.25) is 0 Å². The summed E-state index contributed by atoms with van der Waals surface area (Å²) in [4.78, 5) is 12.0. The van der Waals surface area contributed by atoms with E-state index in [0.717, 1.165) is 0 Å². The molecule has 1 aromatic carbocycles. The topological polar surface area (TPSA) is 56.8 Å². The van der Waals surface area contributed by atoms with E-state index in [1.54, 1.807) is 13.8 Å². The van der Waals surface area contributed by atoms with Gasteiger partial charge in [0.15, 0.2) is 0 Å².